The number of thiophene rings is 1. The SMILES string of the molecule is Cc1csc(-c2ncccc2C(=O)c2ccccn2)c1. The standard InChI is InChI=1S/C16H12N2OS/c1-11-9-14(20-10-11)15-12(5-4-8-18-15)16(19)13-6-2-3-7-17-13/h2-10H,1H3. The summed E-state index contributed by atoms with van der Waals surface area (Å²) in [7, 11) is 0. The van der Waals surface area contributed by atoms with Crippen LogP contribution in [0.25, 0.3) is 10.6 Å². The molecule has 3 rings (SSSR count). The van der Waals surface area contributed by atoms with E-state index in [1.807, 2.05) is 19.1 Å². The molecule has 0 bridgehead atoms. The summed E-state index contributed by atoms with van der Waals surface area (Å²) in [5.74, 6) is -0.0975. The van der Waals surface area contributed by atoms with Gasteiger partial charge in [0.1, 0.15) is 5.69 Å². The molecule has 3 aromatic heterocycles. The molecule has 0 aliphatic carbocycles. The maximum atomic E-state index is 12.5. The van der Waals surface area contributed by atoms with Gasteiger partial charge in [-0.2, -0.15) is 0 Å². The van der Waals surface area contributed by atoms with Gasteiger partial charge in [0.15, 0.2) is 0 Å². The van der Waals surface area contributed by atoms with Crippen molar-refractivity contribution < 1.29 is 4.79 Å². The largest absolute Gasteiger partial charge is 0.287 e. The molecule has 0 amide bonds. The zero-order valence-electron chi connectivity index (χ0n) is 10.9. The van der Waals surface area contributed by atoms with Crippen molar-refractivity contribution in [1.29, 1.82) is 0 Å². The average Bonchev–Trinajstić information content (AvgIpc) is 2.94. The van der Waals surface area contributed by atoms with Crippen LogP contribution >= 0.6 is 11.3 Å². The predicted octanol–water partition coefficient (Wildman–Crippen LogP) is 3.74. The maximum Gasteiger partial charge on any atom is 0.213 e. The first kappa shape index (κ1) is 12.7. The Morgan fingerprint density at radius 2 is 1.95 bits per heavy atom. The van der Waals surface area contributed by atoms with Crippen molar-refractivity contribution in [2.75, 3.05) is 0 Å². The molecule has 0 atom stereocenters. The Bertz CT molecular complexity index is 750. The highest BCUT2D eigenvalue weighted by Gasteiger charge is 2.17. The van der Waals surface area contributed by atoms with E-state index in [1.54, 1.807) is 48.0 Å². The van der Waals surface area contributed by atoms with Crippen LogP contribution in [0, 0.1) is 6.92 Å². The van der Waals surface area contributed by atoms with Crippen molar-refractivity contribution in [1.82, 2.24) is 9.97 Å². The van der Waals surface area contributed by atoms with Crippen LogP contribution in [0.3, 0.4) is 0 Å². The number of nitrogens with zero attached hydrogens (tertiary/aromatic N) is 2. The number of rotatable bonds is 3. The van der Waals surface area contributed by atoms with E-state index >= 15 is 0 Å². The third-order valence-corrected chi connectivity index (χ3v) is 3.97. The van der Waals surface area contributed by atoms with Crippen molar-refractivity contribution in [2.24, 2.45) is 0 Å². The number of carbonyl (C=O) groups excluding carboxylic acids is 1. The van der Waals surface area contributed by atoms with E-state index in [9.17, 15) is 4.79 Å². The summed E-state index contributed by atoms with van der Waals surface area (Å²) in [6.45, 7) is 2.03. The summed E-state index contributed by atoms with van der Waals surface area (Å²) in [6.07, 6.45) is 3.33. The number of ketones is 1. The first-order valence-electron chi connectivity index (χ1n) is 6.22. The lowest BCUT2D eigenvalue weighted by Crippen LogP contribution is -2.06. The van der Waals surface area contributed by atoms with E-state index in [1.165, 1.54) is 5.56 Å². The Morgan fingerprint density at radius 3 is 2.65 bits per heavy atom. The fourth-order valence-corrected chi connectivity index (χ4v) is 2.88. The maximum absolute atomic E-state index is 12.5. The molecule has 0 unspecified atom stereocenters. The van der Waals surface area contributed by atoms with Gasteiger partial charge in [-0.15, -0.1) is 11.3 Å². The molecule has 0 saturated heterocycles. The third-order valence-electron chi connectivity index (χ3n) is 2.91. The smallest absolute Gasteiger partial charge is 0.213 e. The van der Waals surface area contributed by atoms with E-state index in [4.69, 9.17) is 0 Å². The second-order valence-electron chi connectivity index (χ2n) is 4.43. The molecule has 0 spiro atoms. The van der Waals surface area contributed by atoms with E-state index in [-0.39, 0.29) is 5.78 Å². The van der Waals surface area contributed by atoms with E-state index in [0.717, 1.165) is 10.6 Å². The molecule has 4 heteroatoms. The van der Waals surface area contributed by atoms with E-state index < -0.39 is 0 Å². The van der Waals surface area contributed by atoms with Gasteiger partial charge in [-0.1, -0.05) is 6.07 Å². The molecule has 0 aliphatic rings. The van der Waals surface area contributed by atoms with Crippen LogP contribution in [-0.4, -0.2) is 15.8 Å². The Morgan fingerprint density at radius 1 is 1.10 bits per heavy atom. The molecular formula is C16H12N2OS. The second-order valence-corrected chi connectivity index (χ2v) is 5.34. The molecule has 0 aliphatic heterocycles. The van der Waals surface area contributed by atoms with Gasteiger partial charge in [-0.05, 0) is 48.2 Å². The van der Waals surface area contributed by atoms with Crippen molar-refractivity contribution in [3.8, 4) is 10.6 Å². The van der Waals surface area contributed by atoms with Gasteiger partial charge in [0.25, 0.3) is 0 Å². The fourth-order valence-electron chi connectivity index (χ4n) is 1.98. The van der Waals surface area contributed by atoms with E-state index in [0.29, 0.717) is 11.3 Å². The number of hydrogen-bond acceptors (Lipinski definition) is 4. The molecule has 0 N–H and O–H groups in total. The number of aromatic nitrogens is 2. The highest BCUT2D eigenvalue weighted by molar-refractivity contribution is 7.13. The molecule has 0 fully saturated rings. The molecule has 0 radical (unpaired) electrons. The van der Waals surface area contributed by atoms with Gasteiger partial charge in [-0.25, -0.2) is 0 Å². The van der Waals surface area contributed by atoms with Crippen LogP contribution in [0.1, 0.15) is 21.6 Å². The molecule has 3 aromatic rings. The van der Waals surface area contributed by atoms with Gasteiger partial charge in [0, 0.05) is 12.4 Å². The molecule has 20 heavy (non-hydrogen) atoms. The van der Waals surface area contributed by atoms with Crippen molar-refractivity contribution in [3.05, 3.63) is 71.0 Å². The van der Waals surface area contributed by atoms with Crippen LogP contribution in [0.4, 0.5) is 0 Å². The minimum atomic E-state index is -0.0975. The van der Waals surface area contributed by atoms with Crippen LogP contribution in [-0.2, 0) is 0 Å². The number of aryl methyl sites for hydroxylation is 1. The average molecular weight is 280 g/mol. The molecule has 3 nitrogen and oxygen atoms in total. The number of pyridine rings is 2. The Hall–Kier alpha value is -2.33. The third kappa shape index (κ3) is 2.38. The van der Waals surface area contributed by atoms with Gasteiger partial charge in [0.2, 0.25) is 5.78 Å². The molecule has 0 aromatic carbocycles. The fraction of sp³-hybridized carbons (Fsp3) is 0.0625. The molecule has 3 heterocycles. The number of hydrogen-bond donors (Lipinski definition) is 0. The highest BCUT2D eigenvalue weighted by Crippen LogP contribution is 2.28. The van der Waals surface area contributed by atoms with Gasteiger partial charge in [0.05, 0.1) is 16.1 Å². The Balaban J connectivity index is 2.09. The zero-order chi connectivity index (χ0) is 13.9. The van der Waals surface area contributed by atoms with Crippen LogP contribution in [0.2, 0.25) is 0 Å². The first-order valence-corrected chi connectivity index (χ1v) is 7.10. The second kappa shape index (κ2) is 5.35. The molecular weight excluding hydrogens is 268 g/mol. The van der Waals surface area contributed by atoms with Crippen molar-refractivity contribution in [2.45, 2.75) is 6.92 Å². The number of carbonyl (C=O) groups is 1. The van der Waals surface area contributed by atoms with Gasteiger partial charge in [-0.3, -0.25) is 14.8 Å². The molecule has 98 valence electrons. The summed E-state index contributed by atoms with van der Waals surface area (Å²) >= 11 is 1.59. The lowest BCUT2D eigenvalue weighted by molar-refractivity contribution is 0.103. The van der Waals surface area contributed by atoms with Crippen LogP contribution < -0.4 is 0 Å². The van der Waals surface area contributed by atoms with Crippen LogP contribution in [0.15, 0.2) is 54.2 Å². The van der Waals surface area contributed by atoms with Crippen molar-refractivity contribution in [3.63, 3.8) is 0 Å². The summed E-state index contributed by atoms with van der Waals surface area (Å²) in [6, 6.07) is 10.9. The Labute approximate surface area is 121 Å². The summed E-state index contributed by atoms with van der Waals surface area (Å²) < 4.78 is 0. The predicted molar refractivity (Wildman–Crippen MR) is 80.0 cm³/mol. The molecule has 0 saturated carbocycles. The summed E-state index contributed by atoms with van der Waals surface area (Å²) in [5.41, 5.74) is 2.93. The topological polar surface area (TPSA) is 42.9 Å². The highest BCUT2D eigenvalue weighted by atomic mass is 32.1. The minimum absolute atomic E-state index is 0.0975. The lowest BCUT2D eigenvalue weighted by atomic mass is 10.0. The van der Waals surface area contributed by atoms with Crippen molar-refractivity contribution >= 4 is 17.1 Å². The Kier molecular flexibility index (Phi) is 3.39. The normalized spacial score (nSPS) is 10.4. The van der Waals surface area contributed by atoms with Crippen LogP contribution in [0.5, 0.6) is 0 Å². The summed E-state index contributed by atoms with van der Waals surface area (Å²) in [5, 5.41) is 2.05. The summed E-state index contributed by atoms with van der Waals surface area (Å²) in [4.78, 5) is 22.0. The van der Waals surface area contributed by atoms with Gasteiger partial charge >= 0.3 is 0 Å². The first-order chi connectivity index (χ1) is 9.75. The van der Waals surface area contributed by atoms with Gasteiger partial charge < -0.3 is 0 Å². The lowest BCUT2D eigenvalue weighted by Gasteiger charge is -2.05. The minimum Gasteiger partial charge on any atom is -0.287 e. The van der Waals surface area contributed by atoms with E-state index in [2.05, 4.69) is 15.3 Å². The quantitative estimate of drug-likeness (QED) is 0.686. The monoisotopic (exact) mass is 280 g/mol. The zero-order valence-corrected chi connectivity index (χ0v) is 11.7.